The fourth-order valence-electron chi connectivity index (χ4n) is 1.34. The number of hydrogen-bond donors (Lipinski definition) is 2. The van der Waals surface area contributed by atoms with Gasteiger partial charge in [-0.3, -0.25) is 0 Å². The molecule has 1 rings (SSSR count). The molecular weight excluding hydrogens is 264 g/mol. The molecule has 6 heteroatoms. The summed E-state index contributed by atoms with van der Waals surface area (Å²) in [5.74, 6) is 0.845. The first-order valence-electron chi connectivity index (χ1n) is 6.57. The van der Waals surface area contributed by atoms with Crippen LogP contribution in [0.4, 0.5) is 0 Å². The van der Waals surface area contributed by atoms with E-state index in [1.807, 2.05) is 34.6 Å². The van der Waals surface area contributed by atoms with Crippen molar-refractivity contribution in [2.24, 2.45) is 5.92 Å². The maximum Gasteiger partial charge on any atom is 0.274 e. The third kappa shape index (κ3) is 4.97. The molecule has 19 heavy (non-hydrogen) atoms. The van der Waals surface area contributed by atoms with Gasteiger partial charge in [0.2, 0.25) is 5.09 Å². The Morgan fingerprint density at radius 3 is 2.32 bits per heavy atom. The predicted octanol–water partition coefficient (Wildman–Crippen LogP) is 2.10. The molecule has 0 saturated heterocycles. The van der Waals surface area contributed by atoms with Crippen molar-refractivity contribution in [3.63, 3.8) is 0 Å². The van der Waals surface area contributed by atoms with E-state index in [0.717, 1.165) is 0 Å². The molecule has 1 aromatic rings. The van der Waals surface area contributed by atoms with E-state index in [2.05, 4.69) is 10.0 Å². The van der Waals surface area contributed by atoms with Gasteiger partial charge in [0, 0.05) is 12.1 Å². The van der Waals surface area contributed by atoms with E-state index in [1.54, 1.807) is 6.07 Å². The SMILES string of the molecule is CC(C)NCc1ccc(S(=O)(=O)NC(C)C(C)C)o1. The lowest BCUT2D eigenvalue weighted by atomic mass is 10.1. The third-order valence-corrected chi connectivity index (χ3v) is 4.36. The van der Waals surface area contributed by atoms with E-state index in [-0.39, 0.29) is 17.1 Å². The zero-order valence-electron chi connectivity index (χ0n) is 12.2. The highest BCUT2D eigenvalue weighted by atomic mass is 32.2. The van der Waals surface area contributed by atoms with E-state index in [4.69, 9.17) is 4.42 Å². The molecule has 1 heterocycles. The van der Waals surface area contributed by atoms with Gasteiger partial charge in [-0.1, -0.05) is 27.7 Å². The maximum atomic E-state index is 12.1. The molecule has 2 N–H and O–H groups in total. The van der Waals surface area contributed by atoms with Crippen molar-refractivity contribution in [1.82, 2.24) is 10.0 Å². The lowest BCUT2D eigenvalue weighted by Crippen LogP contribution is -2.35. The normalized spacial score (nSPS) is 14.3. The molecule has 0 aliphatic carbocycles. The van der Waals surface area contributed by atoms with Crippen molar-refractivity contribution in [3.05, 3.63) is 17.9 Å². The summed E-state index contributed by atoms with van der Waals surface area (Å²) >= 11 is 0. The molecule has 1 unspecified atom stereocenters. The molecule has 0 spiro atoms. The first-order valence-corrected chi connectivity index (χ1v) is 8.05. The number of sulfonamides is 1. The summed E-state index contributed by atoms with van der Waals surface area (Å²) in [6, 6.07) is 3.37. The number of furan rings is 1. The minimum absolute atomic E-state index is 0.0273. The Bertz CT molecular complexity index is 492. The minimum Gasteiger partial charge on any atom is -0.447 e. The number of nitrogens with one attached hydrogen (secondary N) is 2. The van der Waals surface area contributed by atoms with E-state index in [1.165, 1.54) is 6.07 Å². The van der Waals surface area contributed by atoms with Gasteiger partial charge in [-0.25, -0.2) is 13.1 Å². The first kappa shape index (κ1) is 16.2. The fourth-order valence-corrected chi connectivity index (χ4v) is 2.68. The summed E-state index contributed by atoms with van der Waals surface area (Å²) in [5.41, 5.74) is 0. The van der Waals surface area contributed by atoms with Crippen molar-refractivity contribution in [1.29, 1.82) is 0 Å². The topological polar surface area (TPSA) is 71.3 Å². The van der Waals surface area contributed by atoms with E-state index < -0.39 is 10.0 Å². The predicted molar refractivity (Wildman–Crippen MR) is 75.3 cm³/mol. The summed E-state index contributed by atoms with van der Waals surface area (Å²) in [7, 11) is -3.57. The quantitative estimate of drug-likeness (QED) is 0.806. The molecular formula is C13H24N2O3S. The van der Waals surface area contributed by atoms with Crippen LogP contribution in [0, 0.1) is 5.92 Å². The maximum absolute atomic E-state index is 12.1. The van der Waals surface area contributed by atoms with Crippen LogP contribution in [0.3, 0.4) is 0 Å². The second kappa shape index (κ2) is 6.54. The molecule has 0 saturated carbocycles. The second-order valence-electron chi connectivity index (χ2n) is 5.41. The summed E-state index contributed by atoms with van der Waals surface area (Å²) in [4.78, 5) is 0. The van der Waals surface area contributed by atoms with Crippen LogP contribution in [-0.2, 0) is 16.6 Å². The molecule has 0 amide bonds. The zero-order valence-corrected chi connectivity index (χ0v) is 13.0. The van der Waals surface area contributed by atoms with Crippen LogP contribution < -0.4 is 10.0 Å². The Morgan fingerprint density at radius 2 is 1.79 bits per heavy atom. The van der Waals surface area contributed by atoms with Crippen molar-refractivity contribution < 1.29 is 12.8 Å². The van der Waals surface area contributed by atoms with E-state index >= 15 is 0 Å². The van der Waals surface area contributed by atoms with Crippen LogP contribution in [0.25, 0.3) is 0 Å². The van der Waals surface area contributed by atoms with Gasteiger partial charge in [-0.15, -0.1) is 0 Å². The number of rotatable bonds is 7. The molecule has 0 aromatic carbocycles. The summed E-state index contributed by atoms with van der Waals surface area (Å²) < 4.78 is 32.1. The van der Waals surface area contributed by atoms with Crippen LogP contribution in [0.1, 0.15) is 40.4 Å². The van der Waals surface area contributed by atoms with Crippen LogP contribution >= 0.6 is 0 Å². The van der Waals surface area contributed by atoms with Crippen LogP contribution in [0.5, 0.6) is 0 Å². The summed E-state index contributed by atoms with van der Waals surface area (Å²) in [5, 5.41) is 3.15. The van der Waals surface area contributed by atoms with Crippen LogP contribution in [0.15, 0.2) is 21.6 Å². The Labute approximate surface area is 115 Å². The monoisotopic (exact) mass is 288 g/mol. The Kier molecular flexibility index (Phi) is 5.58. The Morgan fingerprint density at radius 1 is 1.16 bits per heavy atom. The van der Waals surface area contributed by atoms with Gasteiger partial charge in [0.15, 0.2) is 0 Å². The first-order chi connectivity index (χ1) is 8.72. The number of hydrogen-bond acceptors (Lipinski definition) is 4. The molecule has 0 aliphatic heterocycles. The fraction of sp³-hybridized carbons (Fsp3) is 0.692. The third-order valence-electron chi connectivity index (χ3n) is 2.93. The van der Waals surface area contributed by atoms with Crippen molar-refractivity contribution in [2.45, 2.75) is 58.3 Å². The molecule has 0 bridgehead atoms. The van der Waals surface area contributed by atoms with E-state index in [0.29, 0.717) is 18.3 Å². The van der Waals surface area contributed by atoms with Gasteiger partial charge < -0.3 is 9.73 Å². The van der Waals surface area contributed by atoms with Crippen molar-refractivity contribution >= 4 is 10.0 Å². The highest BCUT2D eigenvalue weighted by Gasteiger charge is 2.22. The molecule has 1 aromatic heterocycles. The zero-order chi connectivity index (χ0) is 14.6. The molecule has 0 aliphatic rings. The summed E-state index contributed by atoms with van der Waals surface area (Å²) in [6.45, 7) is 10.3. The highest BCUT2D eigenvalue weighted by molar-refractivity contribution is 7.89. The van der Waals surface area contributed by atoms with Gasteiger partial charge in [-0.2, -0.15) is 0 Å². The van der Waals surface area contributed by atoms with Crippen LogP contribution in [0.2, 0.25) is 0 Å². The second-order valence-corrected chi connectivity index (χ2v) is 7.06. The molecule has 0 radical (unpaired) electrons. The van der Waals surface area contributed by atoms with Crippen LogP contribution in [-0.4, -0.2) is 20.5 Å². The molecule has 110 valence electrons. The Balaban J connectivity index is 2.74. The van der Waals surface area contributed by atoms with Gasteiger partial charge in [0.05, 0.1) is 6.54 Å². The largest absolute Gasteiger partial charge is 0.447 e. The molecule has 1 atom stereocenters. The lowest BCUT2D eigenvalue weighted by Gasteiger charge is -2.16. The standard InChI is InChI=1S/C13H24N2O3S/c1-9(2)11(5)15-19(16,17)13-7-6-12(18-13)8-14-10(3)4/h6-7,9-11,14-15H,8H2,1-5H3. The lowest BCUT2D eigenvalue weighted by molar-refractivity contribution is 0.388. The molecule has 0 fully saturated rings. The summed E-state index contributed by atoms with van der Waals surface area (Å²) in [6.07, 6.45) is 0. The van der Waals surface area contributed by atoms with E-state index in [9.17, 15) is 8.42 Å². The van der Waals surface area contributed by atoms with Gasteiger partial charge in [0.25, 0.3) is 10.0 Å². The average Bonchev–Trinajstić information content (AvgIpc) is 2.74. The highest BCUT2D eigenvalue weighted by Crippen LogP contribution is 2.15. The minimum atomic E-state index is -3.57. The van der Waals surface area contributed by atoms with Gasteiger partial charge >= 0.3 is 0 Å². The molecule has 5 nitrogen and oxygen atoms in total. The Hall–Kier alpha value is -0.850. The average molecular weight is 288 g/mol. The van der Waals surface area contributed by atoms with Crippen molar-refractivity contribution in [3.8, 4) is 0 Å². The smallest absolute Gasteiger partial charge is 0.274 e. The van der Waals surface area contributed by atoms with Gasteiger partial charge in [-0.05, 0) is 25.0 Å². The van der Waals surface area contributed by atoms with Gasteiger partial charge in [0.1, 0.15) is 5.76 Å². The van der Waals surface area contributed by atoms with Crippen molar-refractivity contribution in [2.75, 3.05) is 0 Å².